The summed E-state index contributed by atoms with van der Waals surface area (Å²) in [6, 6.07) is 0. The second kappa shape index (κ2) is 8.48. The SMILES string of the molecule is C=CC(=O)OC(O)C=C.CC(=O)O. The largest absolute Gasteiger partial charge is 0.481 e. The number of carboxylic acids is 1. The van der Waals surface area contributed by atoms with E-state index in [2.05, 4.69) is 17.9 Å². The molecule has 0 bridgehead atoms. The first-order valence-corrected chi connectivity index (χ1v) is 3.27. The van der Waals surface area contributed by atoms with Gasteiger partial charge in [-0.15, -0.1) is 0 Å². The molecular formula is C8H12O5. The van der Waals surface area contributed by atoms with E-state index >= 15 is 0 Å². The summed E-state index contributed by atoms with van der Waals surface area (Å²) in [7, 11) is 0. The normalized spacial score (nSPS) is 10.0. The molecule has 13 heavy (non-hydrogen) atoms. The van der Waals surface area contributed by atoms with Gasteiger partial charge in [0, 0.05) is 13.0 Å². The lowest BCUT2D eigenvalue weighted by Gasteiger charge is -2.02. The number of carbonyl (C=O) groups excluding carboxylic acids is 1. The van der Waals surface area contributed by atoms with Gasteiger partial charge in [0.2, 0.25) is 6.29 Å². The Hall–Kier alpha value is -1.62. The molecule has 5 nitrogen and oxygen atoms in total. The maximum Gasteiger partial charge on any atom is 0.332 e. The number of carboxylic acid groups (broad SMARTS) is 1. The summed E-state index contributed by atoms with van der Waals surface area (Å²) in [5.41, 5.74) is 0. The predicted molar refractivity (Wildman–Crippen MR) is 45.8 cm³/mol. The van der Waals surface area contributed by atoms with E-state index in [4.69, 9.17) is 15.0 Å². The van der Waals surface area contributed by atoms with E-state index < -0.39 is 18.2 Å². The summed E-state index contributed by atoms with van der Waals surface area (Å²) in [5.74, 6) is -1.50. The van der Waals surface area contributed by atoms with Gasteiger partial charge in [0.15, 0.2) is 0 Å². The van der Waals surface area contributed by atoms with Crippen molar-refractivity contribution in [3.05, 3.63) is 25.3 Å². The van der Waals surface area contributed by atoms with Gasteiger partial charge in [-0.2, -0.15) is 0 Å². The summed E-state index contributed by atoms with van der Waals surface area (Å²) < 4.78 is 4.23. The van der Waals surface area contributed by atoms with Gasteiger partial charge in [-0.1, -0.05) is 13.2 Å². The van der Waals surface area contributed by atoms with E-state index in [0.717, 1.165) is 19.1 Å². The zero-order valence-corrected chi connectivity index (χ0v) is 7.27. The molecule has 0 aliphatic heterocycles. The van der Waals surface area contributed by atoms with Crippen LogP contribution in [0.1, 0.15) is 6.92 Å². The van der Waals surface area contributed by atoms with Gasteiger partial charge in [-0.25, -0.2) is 4.79 Å². The average Bonchev–Trinajstić information content (AvgIpc) is 2.03. The topological polar surface area (TPSA) is 83.8 Å². The Kier molecular flexibility index (Phi) is 9.09. The molecule has 0 saturated heterocycles. The van der Waals surface area contributed by atoms with Crippen molar-refractivity contribution >= 4 is 11.9 Å². The standard InChI is InChI=1S/C6H8O3.C2H4O2/c1-3-5(7)9-6(8)4-2;1-2(3)4/h3-5,7H,1-2H2;1H3,(H,3,4). The lowest BCUT2D eigenvalue weighted by atomic mass is 10.6. The van der Waals surface area contributed by atoms with Crippen LogP contribution in [0.15, 0.2) is 25.3 Å². The van der Waals surface area contributed by atoms with Gasteiger partial charge in [-0.3, -0.25) is 4.79 Å². The van der Waals surface area contributed by atoms with E-state index in [9.17, 15) is 4.79 Å². The van der Waals surface area contributed by atoms with Crippen molar-refractivity contribution < 1.29 is 24.5 Å². The van der Waals surface area contributed by atoms with Crippen molar-refractivity contribution in [2.45, 2.75) is 13.2 Å². The molecule has 0 rings (SSSR count). The fraction of sp³-hybridized carbons (Fsp3) is 0.250. The number of hydrogen-bond acceptors (Lipinski definition) is 4. The second-order valence-electron chi connectivity index (χ2n) is 1.79. The molecular weight excluding hydrogens is 176 g/mol. The maximum absolute atomic E-state index is 10.2. The molecule has 0 aliphatic carbocycles. The quantitative estimate of drug-likeness (QED) is 0.288. The number of carbonyl (C=O) groups is 2. The van der Waals surface area contributed by atoms with Crippen LogP contribution in [0.25, 0.3) is 0 Å². The smallest absolute Gasteiger partial charge is 0.332 e. The van der Waals surface area contributed by atoms with Crippen molar-refractivity contribution in [3.63, 3.8) is 0 Å². The van der Waals surface area contributed by atoms with Crippen molar-refractivity contribution in [3.8, 4) is 0 Å². The van der Waals surface area contributed by atoms with Crippen LogP contribution in [0.5, 0.6) is 0 Å². The number of aliphatic hydroxyl groups excluding tert-OH is 1. The number of rotatable bonds is 3. The van der Waals surface area contributed by atoms with Crippen LogP contribution in [-0.4, -0.2) is 28.4 Å². The first-order valence-electron chi connectivity index (χ1n) is 3.27. The number of hydrogen-bond donors (Lipinski definition) is 2. The molecule has 5 heteroatoms. The lowest BCUT2D eigenvalue weighted by molar-refractivity contribution is -0.154. The van der Waals surface area contributed by atoms with E-state index in [1.807, 2.05) is 0 Å². The second-order valence-corrected chi connectivity index (χ2v) is 1.79. The molecule has 0 amide bonds. The Balaban J connectivity index is 0. The molecule has 0 saturated carbocycles. The molecule has 0 fully saturated rings. The average molecular weight is 188 g/mol. The lowest BCUT2D eigenvalue weighted by Crippen LogP contribution is -2.12. The molecule has 0 aromatic rings. The van der Waals surface area contributed by atoms with Gasteiger partial charge in [-0.05, 0) is 6.08 Å². The summed E-state index contributed by atoms with van der Waals surface area (Å²) in [4.78, 5) is 19.2. The Labute approximate surface area is 75.9 Å². The molecule has 0 aliphatic rings. The van der Waals surface area contributed by atoms with Crippen LogP contribution in [0.2, 0.25) is 0 Å². The molecule has 2 N–H and O–H groups in total. The van der Waals surface area contributed by atoms with Crippen molar-refractivity contribution in [2.75, 3.05) is 0 Å². The summed E-state index contributed by atoms with van der Waals surface area (Å²) in [6.07, 6.45) is 0.837. The Morgan fingerprint density at radius 1 is 1.46 bits per heavy atom. The van der Waals surface area contributed by atoms with E-state index in [0.29, 0.717) is 0 Å². The van der Waals surface area contributed by atoms with Crippen LogP contribution in [-0.2, 0) is 14.3 Å². The van der Waals surface area contributed by atoms with Crippen molar-refractivity contribution in [2.24, 2.45) is 0 Å². The van der Waals surface area contributed by atoms with Gasteiger partial charge in [0.25, 0.3) is 5.97 Å². The summed E-state index contributed by atoms with van der Waals surface area (Å²) in [5, 5.41) is 16.0. The molecule has 0 aromatic carbocycles. The van der Waals surface area contributed by atoms with Crippen LogP contribution < -0.4 is 0 Å². The van der Waals surface area contributed by atoms with Crippen molar-refractivity contribution in [1.82, 2.24) is 0 Å². The Morgan fingerprint density at radius 3 is 2.08 bits per heavy atom. The highest BCUT2D eigenvalue weighted by atomic mass is 16.6. The third-order valence-electron chi connectivity index (χ3n) is 0.605. The minimum Gasteiger partial charge on any atom is -0.481 e. The van der Waals surface area contributed by atoms with Gasteiger partial charge in [0.05, 0.1) is 0 Å². The van der Waals surface area contributed by atoms with E-state index in [1.165, 1.54) is 0 Å². The molecule has 0 aromatic heterocycles. The van der Waals surface area contributed by atoms with Crippen LogP contribution in [0.4, 0.5) is 0 Å². The number of ether oxygens (including phenoxy) is 1. The minimum absolute atomic E-state index is 0.664. The highest BCUT2D eigenvalue weighted by molar-refractivity contribution is 5.81. The monoisotopic (exact) mass is 188 g/mol. The summed E-state index contributed by atoms with van der Waals surface area (Å²) >= 11 is 0. The Morgan fingerprint density at radius 2 is 1.85 bits per heavy atom. The molecule has 74 valence electrons. The van der Waals surface area contributed by atoms with E-state index in [-0.39, 0.29) is 0 Å². The molecule has 0 radical (unpaired) electrons. The summed E-state index contributed by atoms with van der Waals surface area (Å²) in [6.45, 7) is 7.40. The highest BCUT2D eigenvalue weighted by Crippen LogP contribution is 1.87. The van der Waals surface area contributed by atoms with Crippen LogP contribution in [0.3, 0.4) is 0 Å². The third kappa shape index (κ3) is 17.9. The van der Waals surface area contributed by atoms with Gasteiger partial charge < -0.3 is 14.9 Å². The van der Waals surface area contributed by atoms with Gasteiger partial charge in [0.1, 0.15) is 0 Å². The number of aliphatic hydroxyl groups is 1. The highest BCUT2D eigenvalue weighted by Gasteiger charge is 2.00. The fourth-order valence-electron chi connectivity index (χ4n) is 0.215. The molecule has 0 spiro atoms. The fourth-order valence-corrected chi connectivity index (χ4v) is 0.215. The van der Waals surface area contributed by atoms with Crippen molar-refractivity contribution in [1.29, 1.82) is 0 Å². The first kappa shape index (κ1) is 13.9. The maximum atomic E-state index is 10.2. The van der Waals surface area contributed by atoms with Gasteiger partial charge >= 0.3 is 5.97 Å². The number of aliphatic carboxylic acids is 1. The zero-order chi connectivity index (χ0) is 10.9. The molecule has 1 atom stereocenters. The molecule has 0 heterocycles. The number of esters is 1. The molecule has 1 unspecified atom stereocenters. The predicted octanol–water partition coefficient (Wildman–Crippen LogP) is 0.311. The van der Waals surface area contributed by atoms with Crippen LogP contribution in [0, 0.1) is 0 Å². The third-order valence-corrected chi connectivity index (χ3v) is 0.605. The van der Waals surface area contributed by atoms with E-state index in [1.54, 1.807) is 0 Å². The Bertz CT molecular complexity index is 193. The first-order chi connectivity index (χ1) is 5.93. The minimum atomic E-state index is -1.23. The van der Waals surface area contributed by atoms with Crippen LogP contribution >= 0.6 is 0 Å². The zero-order valence-electron chi connectivity index (χ0n) is 7.27.